The molecule has 0 bridgehead atoms. The van der Waals surface area contributed by atoms with Crippen molar-refractivity contribution in [1.82, 2.24) is 4.90 Å². The molecule has 0 aliphatic carbocycles. The molecule has 2 rings (SSSR count). The lowest BCUT2D eigenvalue weighted by molar-refractivity contribution is -0.145. The predicted octanol–water partition coefficient (Wildman–Crippen LogP) is 11.2. The molecule has 7 nitrogen and oxygen atoms in total. The number of hydrogen-bond acceptors (Lipinski definition) is 7. The number of unbranched alkanes of at least 4 members (excludes halogenated alkanes) is 5. The fraction of sp³-hybridized carbons (Fsp3) is 0.848. The van der Waals surface area contributed by atoms with Crippen molar-refractivity contribution >= 4 is 11.9 Å². The number of carbonyl (C=O) groups excluding carboxylic acids is 2. The van der Waals surface area contributed by atoms with Crippen LogP contribution in [0.3, 0.4) is 0 Å². The maximum absolute atomic E-state index is 13.2. The molecule has 53 heavy (non-hydrogen) atoms. The number of hydrogen-bond donors (Lipinski definition) is 0. The number of rotatable bonds is 14. The quantitative estimate of drug-likeness (QED) is 0.0997. The lowest BCUT2D eigenvalue weighted by atomic mass is 9.79. The lowest BCUT2D eigenvalue weighted by Gasteiger charge is -2.26. The van der Waals surface area contributed by atoms with Crippen LogP contribution in [0.15, 0.2) is 29.3 Å². The summed E-state index contributed by atoms with van der Waals surface area (Å²) in [5.41, 5.74) is 10.0. The van der Waals surface area contributed by atoms with Crippen LogP contribution < -0.4 is 0 Å². The van der Waals surface area contributed by atoms with Crippen LogP contribution in [0.2, 0.25) is 0 Å². The molecule has 0 aromatic carbocycles. The van der Waals surface area contributed by atoms with Crippen molar-refractivity contribution in [2.24, 2.45) is 11.8 Å². The number of cyclic esters (lactones) is 2. The summed E-state index contributed by atoms with van der Waals surface area (Å²) in [5.74, 6) is -0.403. The van der Waals surface area contributed by atoms with Gasteiger partial charge in [0.05, 0.1) is 45.4 Å². The van der Waals surface area contributed by atoms with E-state index in [9.17, 15) is 9.59 Å². The SMILES string of the molecule is C=C=C=C=C1C(CCCCC)CC(=O)OCCCCCCCCC(OCCCCN2CCOCC2)CCCCCCCCOC(=O)CC1CCCCC. The second-order valence-electron chi connectivity index (χ2n) is 15.6. The molecule has 2 heterocycles. The van der Waals surface area contributed by atoms with Crippen LogP contribution in [0.1, 0.15) is 181 Å². The lowest BCUT2D eigenvalue weighted by Crippen LogP contribution is -2.36. The monoisotopic (exact) mass is 742 g/mol. The Morgan fingerprint density at radius 3 is 1.68 bits per heavy atom. The minimum Gasteiger partial charge on any atom is -0.466 e. The van der Waals surface area contributed by atoms with Gasteiger partial charge in [-0.1, -0.05) is 128 Å². The first-order valence-corrected chi connectivity index (χ1v) is 22.2. The van der Waals surface area contributed by atoms with Crippen LogP contribution in [0.4, 0.5) is 0 Å². The molecule has 0 spiro atoms. The normalized spacial score (nSPS) is 23.6. The van der Waals surface area contributed by atoms with Gasteiger partial charge in [0, 0.05) is 19.7 Å². The molecule has 2 unspecified atom stereocenters. The Hall–Kier alpha value is -2.10. The van der Waals surface area contributed by atoms with E-state index in [1.54, 1.807) is 0 Å². The van der Waals surface area contributed by atoms with Gasteiger partial charge in [0.25, 0.3) is 0 Å². The molecular formula is C46H79NO6. The Bertz CT molecular complexity index is 998. The third kappa shape index (κ3) is 24.8. The van der Waals surface area contributed by atoms with Crippen LogP contribution in [0, 0.1) is 11.8 Å². The van der Waals surface area contributed by atoms with Gasteiger partial charge in [-0.2, -0.15) is 0 Å². The first kappa shape index (κ1) is 47.1. The zero-order chi connectivity index (χ0) is 38.0. The highest BCUT2D eigenvalue weighted by molar-refractivity contribution is 5.71. The molecule has 2 aliphatic heterocycles. The molecule has 0 radical (unpaired) electrons. The van der Waals surface area contributed by atoms with Gasteiger partial charge in [-0.3, -0.25) is 14.5 Å². The maximum Gasteiger partial charge on any atom is 0.306 e. The number of esters is 2. The Morgan fingerprint density at radius 2 is 1.17 bits per heavy atom. The van der Waals surface area contributed by atoms with Crippen molar-refractivity contribution in [3.05, 3.63) is 29.3 Å². The summed E-state index contributed by atoms with van der Waals surface area (Å²) in [6.45, 7) is 14.9. The number of allylic oxidation sites excluding steroid dienone is 1. The summed E-state index contributed by atoms with van der Waals surface area (Å²) in [6, 6.07) is 0. The molecule has 2 saturated heterocycles. The molecule has 304 valence electrons. The largest absolute Gasteiger partial charge is 0.466 e. The summed E-state index contributed by atoms with van der Waals surface area (Å²) in [4.78, 5) is 29.0. The average Bonchev–Trinajstić information content (AvgIpc) is 3.16. The number of carbonyl (C=O) groups is 2. The van der Waals surface area contributed by atoms with Gasteiger partial charge in [0.15, 0.2) is 0 Å². The van der Waals surface area contributed by atoms with Gasteiger partial charge in [0.2, 0.25) is 0 Å². The summed E-state index contributed by atoms with van der Waals surface area (Å²) in [5, 5.41) is 0. The fourth-order valence-corrected chi connectivity index (χ4v) is 7.75. The van der Waals surface area contributed by atoms with E-state index < -0.39 is 0 Å². The standard InChI is InChI=1S/C46H79NO6/c1-4-7-18-26-41-39-45(48)52-35-23-16-12-10-14-20-28-43(51-34-25-22-31-47-32-37-50-38-33-47)29-21-15-11-13-17-24-36-53-46(49)40-42(27-19-8-5-2)44(41)30-9-6-3/h41-43H,3-5,7-8,10-29,31-40H2,1-2H3. The average molecular weight is 742 g/mol. The molecule has 0 aromatic rings. The third-order valence-electron chi connectivity index (χ3n) is 11.0. The first-order valence-electron chi connectivity index (χ1n) is 22.2. The van der Waals surface area contributed by atoms with Crippen LogP contribution in [-0.2, 0) is 28.5 Å². The van der Waals surface area contributed by atoms with E-state index in [2.05, 4.69) is 42.5 Å². The van der Waals surface area contributed by atoms with Crippen molar-refractivity contribution < 1.29 is 28.5 Å². The number of ether oxygens (including phenoxy) is 4. The van der Waals surface area contributed by atoms with Crippen molar-refractivity contribution in [3.8, 4) is 0 Å². The van der Waals surface area contributed by atoms with Crippen LogP contribution >= 0.6 is 0 Å². The van der Waals surface area contributed by atoms with E-state index in [4.69, 9.17) is 18.9 Å². The molecule has 0 aromatic heterocycles. The molecular weight excluding hydrogens is 663 g/mol. The zero-order valence-corrected chi connectivity index (χ0v) is 34.4. The molecule has 0 N–H and O–H groups in total. The van der Waals surface area contributed by atoms with Crippen molar-refractivity contribution in [3.63, 3.8) is 0 Å². The number of morpholine rings is 1. The highest BCUT2D eigenvalue weighted by Crippen LogP contribution is 2.33. The fourth-order valence-electron chi connectivity index (χ4n) is 7.75. The van der Waals surface area contributed by atoms with Crippen LogP contribution in [-0.4, -0.2) is 75.6 Å². The van der Waals surface area contributed by atoms with E-state index in [0.29, 0.717) is 32.2 Å². The maximum atomic E-state index is 13.2. The van der Waals surface area contributed by atoms with E-state index >= 15 is 0 Å². The Morgan fingerprint density at radius 1 is 0.660 bits per heavy atom. The molecule has 0 amide bonds. The molecule has 7 heteroatoms. The van der Waals surface area contributed by atoms with Crippen LogP contribution in [0.5, 0.6) is 0 Å². The van der Waals surface area contributed by atoms with Gasteiger partial charge in [-0.25, -0.2) is 0 Å². The van der Waals surface area contributed by atoms with Crippen molar-refractivity contribution in [2.75, 3.05) is 52.7 Å². The van der Waals surface area contributed by atoms with Crippen LogP contribution in [0.25, 0.3) is 0 Å². The predicted molar refractivity (Wildman–Crippen MR) is 217 cm³/mol. The minimum absolute atomic E-state index is 0.0456. The third-order valence-corrected chi connectivity index (χ3v) is 11.0. The van der Waals surface area contributed by atoms with Gasteiger partial charge >= 0.3 is 11.9 Å². The summed E-state index contributed by atoms with van der Waals surface area (Å²) in [7, 11) is 0. The Labute approximate surface area is 325 Å². The highest BCUT2D eigenvalue weighted by atomic mass is 16.5. The number of nitrogens with zero attached hydrogens (tertiary/aromatic N) is 1. The van der Waals surface area contributed by atoms with Crippen molar-refractivity contribution in [2.45, 2.75) is 187 Å². The summed E-state index contributed by atoms with van der Waals surface area (Å²) >= 11 is 0. The van der Waals surface area contributed by atoms with E-state index in [1.807, 2.05) is 0 Å². The smallest absolute Gasteiger partial charge is 0.306 e. The van der Waals surface area contributed by atoms with E-state index in [1.165, 1.54) is 57.8 Å². The molecule has 2 atom stereocenters. The van der Waals surface area contributed by atoms with Gasteiger partial charge in [0.1, 0.15) is 0 Å². The topological polar surface area (TPSA) is 74.3 Å². The molecule has 2 fully saturated rings. The second kappa shape index (κ2) is 33.3. The Kier molecular flexibility index (Phi) is 29.5. The zero-order valence-electron chi connectivity index (χ0n) is 34.4. The van der Waals surface area contributed by atoms with E-state index in [-0.39, 0.29) is 23.8 Å². The van der Waals surface area contributed by atoms with Gasteiger partial charge < -0.3 is 18.9 Å². The summed E-state index contributed by atoms with van der Waals surface area (Å²) in [6.07, 6.45) is 27.5. The van der Waals surface area contributed by atoms with Gasteiger partial charge in [-0.15, -0.1) is 0 Å². The second-order valence-corrected chi connectivity index (χ2v) is 15.6. The minimum atomic E-state index is -0.156. The summed E-state index contributed by atoms with van der Waals surface area (Å²) < 4.78 is 23.6. The van der Waals surface area contributed by atoms with E-state index in [0.717, 1.165) is 141 Å². The first-order chi connectivity index (χ1) is 26.1. The molecule has 2 aliphatic rings. The Balaban J connectivity index is 1.99. The van der Waals surface area contributed by atoms with Crippen molar-refractivity contribution in [1.29, 1.82) is 0 Å². The molecule has 0 saturated carbocycles. The van der Waals surface area contributed by atoms with Gasteiger partial charge in [-0.05, 0) is 87.6 Å². The highest BCUT2D eigenvalue weighted by Gasteiger charge is 2.28.